The Balaban J connectivity index is 1.80. The zero-order valence-corrected chi connectivity index (χ0v) is 15.9. The summed E-state index contributed by atoms with van der Waals surface area (Å²) in [6.45, 7) is 1.86. The standard InChI is InChI=1S/C20H25N3O5/c1-26-10-8-22-20(25)16(12-21)11-15-4-6-17(7-5-15)28-14-19(24)23-13-18-3-2-9-27-18/h4-7,11,18H,2-3,8-10,13-14H2,1H3,(H,22,25)(H,23,24)/b16-11+. The van der Waals surface area contributed by atoms with Gasteiger partial charge in [-0.25, -0.2) is 0 Å². The van der Waals surface area contributed by atoms with Gasteiger partial charge in [0, 0.05) is 26.8 Å². The predicted octanol–water partition coefficient (Wildman–Crippen LogP) is 1.03. The third-order valence-electron chi connectivity index (χ3n) is 4.07. The molecule has 0 saturated carbocycles. The van der Waals surface area contributed by atoms with Crippen molar-refractivity contribution < 1.29 is 23.8 Å². The number of methoxy groups -OCH3 is 1. The van der Waals surface area contributed by atoms with Crippen molar-refractivity contribution in [2.24, 2.45) is 0 Å². The Morgan fingerprint density at radius 1 is 1.32 bits per heavy atom. The zero-order valence-electron chi connectivity index (χ0n) is 15.9. The van der Waals surface area contributed by atoms with Gasteiger partial charge in [-0.3, -0.25) is 9.59 Å². The fourth-order valence-electron chi connectivity index (χ4n) is 2.57. The highest BCUT2D eigenvalue weighted by Crippen LogP contribution is 2.15. The van der Waals surface area contributed by atoms with Crippen molar-refractivity contribution in [1.82, 2.24) is 10.6 Å². The molecule has 1 aliphatic heterocycles. The van der Waals surface area contributed by atoms with Crippen molar-refractivity contribution in [2.75, 3.05) is 40.0 Å². The number of hydrogen-bond donors (Lipinski definition) is 2. The quantitative estimate of drug-likeness (QED) is 0.353. The van der Waals surface area contributed by atoms with Crippen LogP contribution in [0, 0.1) is 11.3 Å². The number of nitrogens with zero attached hydrogens (tertiary/aromatic N) is 1. The number of carbonyl (C=O) groups is 2. The first-order valence-electron chi connectivity index (χ1n) is 9.12. The van der Waals surface area contributed by atoms with Gasteiger partial charge in [0.25, 0.3) is 11.8 Å². The first-order valence-corrected chi connectivity index (χ1v) is 9.12. The summed E-state index contributed by atoms with van der Waals surface area (Å²) in [6, 6.07) is 8.65. The minimum atomic E-state index is -0.456. The van der Waals surface area contributed by atoms with Crippen molar-refractivity contribution in [3.8, 4) is 11.8 Å². The zero-order chi connectivity index (χ0) is 20.2. The summed E-state index contributed by atoms with van der Waals surface area (Å²) in [4.78, 5) is 23.7. The maximum Gasteiger partial charge on any atom is 0.262 e. The number of ether oxygens (including phenoxy) is 3. The number of nitrogens with one attached hydrogen (secondary N) is 2. The molecule has 2 rings (SSSR count). The van der Waals surface area contributed by atoms with E-state index in [-0.39, 0.29) is 24.2 Å². The molecular weight excluding hydrogens is 362 g/mol. The lowest BCUT2D eigenvalue weighted by Gasteiger charge is -2.11. The first-order chi connectivity index (χ1) is 13.6. The Kier molecular flexibility index (Phi) is 8.98. The van der Waals surface area contributed by atoms with Gasteiger partial charge < -0.3 is 24.8 Å². The van der Waals surface area contributed by atoms with Gasteiger partial charge >= 0.3 is 0 Å². The van der Waals surface area contributed by atoms with E-state index in [0.717, 1.165) is 19.4 Å². The Morgan fingerprint density at radius 3 is 2.75 bits per heavy atom. The average Bonchev–Trinajstić information content (AvgIpc) is 3.23. The maximum atomic E-state index is 11.9. The highest BCUT2D eigenvalue weighted by Gasteiger charge is 2.16. The van der Waals surface area contributed by atoms with Gasteiger partial charge in [0.05, 0.1) is 12.7 Å². The Bertz CT molecular complexity index is 718. The van der Waals surface area contributed by atoms with E-state index in [4.69, 9.17) is 19.5 Å². The molecule has 1 heterocycles. The van der Waals surface area contributed by atoms with E-state index >= 15 is 0 Å². The molecule has 0 spiro atoms. The van der Waals surface area contributed by atoms with Crippen LogP contribution in [0.25, 0.3) is 6.08 Å². The first kappa shape index (κ1) is 21.4. The van der Waals surface area contributed by atoms with Crippen molar-refractivity contribution in [2.45, 2.75) is 18.9 Å². The van der Waals surface area contributed by atoms with Gasteiger partial charge in [-0.1, -0.05) is 12.1 Å². The van der Waals surface area contributed by atoms with Crippen LogP contribution >= 0.6 is 0 Å². The lowest BCUT2D eigenvalue weighted by atomic mass is 10.1. The number of rotatable bonds is 10. The fourth-order valence-corrected chi connectivity index (χ4v) is 2.57. The molecule has 1 aromatic rings. The molecule has 1 unspecified atom stereocenters. The van der Waals surface area contributed by atoms with Crippen LogP contribution in [0.2, 0.25) is 0 Å². The molecule has 0 radical (unpaired) electrons. The summed E-state index contributed by atoms with van der Waals surface area (Å²) in [5, 5.41) is 14.5. The summed E-state index contributed by atoms with van der Waals surface area (Å²) >= 11 is 0. The number of benzene rings is 1. The molecule has 150 valence electrons. The van der Waals surface area contributed by atoms with Crippen LogP contribution < -0.4 is 15.4 Å². The van der Waals surface area contributed by atoms with E-state index in [2.05, 4.69) is 10.6 Å². The van der Waals surface area contributed by atoms with Crippen LogP contribution in [0.4, 0.5) is 0 Å². The largest absolute Gasteiger partial charge is 0.484 e. The second-order valence-electron chi connectivity index (χ2n) is 6.22. The summed E-state index contributed by atoms with van der Waals surface area (Å²) in [7, 11) is 1.53. The third-order valence-corrected chi connectivity index (χ3v) is 4.07. The van der Waals surface area contributed by atoms with Gasteiger partial charge in [0.2, 0.25) is 0 Å². The van der Waals surface area contributed by atoms with E-state index in [1.807, 2.05) is 6.07 Å². The van der Waals surface area contributed by atoms with Crippen LogP contribution in [0.5, 0.6) is 5.75 Å². The Hall–Kier alpha value is -2.89. The maximum absolute atomic E-state index is 11.9. The monoisotopic (exact) mass is 387 g/mol. The average molecular weight is 387 g/mol. The van der Waals surface area contributed by atoms with E-state index in [0.29, 0.717) is 31.0 Å². The van der Waals surface area contributed by atoms with Crippen LogP contribution in [-0.4, -0.2) is 57.9 Å². The Labute approximate surface area is 164 Å². The van der Waals surface area contributed by atoms with Crippen LogP contribution in [-0.2, 0) is 19.1 Å². The van der Waals surface area contributed by atoms with Gasteiger partial charge in [-0.15, -0.1) is 0 Å². The molecule has 2 amide bonds. The molecular formula is C20H25N3O5. The molecule has 1 saturated heterocycles. The molecule has 0 aromatic heterocycles. The lowest BCUT2D eigenvalue weighted by molar-refractivity contribution is -0.123. The number of carbonyl (C=O) groups excluding carboxylic acids is 2. The molecule has 1 atom stereocenters. The van der Waals surface area contributed by atoms with Gasteiger partial charge in [-0.2, -0.15) is 5.26 Å². The second kappa shape index (κ2) is 11.7. The molecule has 0 bridgehead atoms. The SMILES string of the molecule is COCCNC(=O)/C(C#N)=C/c1ccc(OCC(=O)NCC2CCCO2)cc1. The molecule has 8 nitrogen and oxygen atoms in total. The molecule has 0 aliphatic carbocycles. The number of hydrogen-bond acceptors (Lipinski definition) is 6. The minimum Gasteiger partial charge on any atom is -0.484 e. The van der Waals surface area contributed by atoms with Crippen LogP contribution in [0.3, 0.4) is 0 Å². The smallest absolute Gasteiger partial charge is 0.262 e. The minimum absolute atomic E-state index is 0.00159. The van der Waals surface area contributed by atoms with Crippen molar-refractivity contribution in [1.29, 1.82) is 5.26 Å². The molecule has 1 aliphatic rings. The highest BCUT2D eigenvalue weighted by molar-refractivity contribution is 6.01. The fraction of sp³-hybridized carbons (Fsp3) is 0.450. The van der Waals surface area contributed by atoms with E-state index in [1.165, 1.54) is 13.2 Å². The summed E-state index contributed by atoms with van der Waals surface area (Å²) in [5.41, 5.74) is 0.673. The van der Waals surface area contributed by atoms with Crippen LogP contribution in [0.15, 0.2) is 29.8 Å². The van der Waals surface area contributed by atoms with Gasteiger partial charge in [-0.05, 0) is 36.6 Å². The molecule has 1 fully saturated rings. The third kappa shape index (κ3) is 7.39. The number of nitriles is 1. The molecule has 1 aromatic carbocycles. The van der Waals surface area contributed by atoms with Crippen molar-refractivity contribution >= 4 is 17.9 Å². The summed E-state index contributed by atoms with van der Waals surface area (Å²) in [5.74, 6) is -0.144. The Morgan fingerprint density at radius 2 is 2.11 bits per heavy atom. The van der Waals surface area contributed by atoms with Crippen LogP contribution in [0.1, 0.15) is 18.4 Å². The summed E-state index contributed by atoms with van der Waals surface area (Å²) < 4.78 is 15.7. The van der Waals surface area contributed by atoms with Crippen molar-refractivity contribution in [3.63, 3.8) is 0 Å². The van der Waals surface area contributed by atoms with Gasteiger partial charge in [0.15, 0.2) is 6.61 Å². The highest BCUT2D eigenvalue weighted by atomic mass is 16.5. The molecule has 2 N–H and O–H groups in total. The lowest BCUT2D eigenvalue weighted by Crippen LogP contribution is -2.35. The number of amides is 2. The topological polar surface area (TPSA) is 110 Å². The normalized spacial score (nSPS) is 16.3. The molecule has 8 heteroatoms. The van der Waals surface area contributed by atoms with E-state index < -0.39 is 5.91 Å². The van der Waals surface area contributed by atoms with E-state index in [9.17, 15) is 9.59 Å². The molecule has 28 heavy (non-hydrogen) atoms. The van der Waals surface area contributed by atoms with E-state index in [1.54, 1.807) is 24.3 Å². The van der Waals surface area contributed by atoms with Crippen molar-refractivity contribution in [3.05, 3.63) is 35.4 Å². The second-order valence-corrected chi connectivity index (χ2v) is 6.22. The van der Waals surface area contributed by atoms with Gasteiger partial charge in [0.1, 0.15) is 17.4 Å². The predicted molar refractivity (Wildman–Crippen MR) is 102 cm³/mol. The summed E-state index contributed by atoms with van der Waals surface area (Å²) in [6.07, 6.45) is 3.57.